The minimum Gasteiger partial charge on any atom is -0.465 e. The van der Waals surface area contributed by atoms with Gasteiger partial charge in [-0.2, -0.15) is 0 Å². The van der Waals surface area contributed by atoms with E-state index in [1.165, 1.54) is 38.5 Å². The highest BCUT2D eigenvalue weighted by Gasteiger charge is 2.19. The van der Waals surface area contributed by atoms with Crippen LogP contribution in [0.2, 0.25) is 0 Å². The first-order valence-electron chi connectivity index (χ1n) is 15.2. The zero-order chi connectivity index (χ0) is 27.8. The molecule has 37 heavy (non-hydrogen) atoms. The first-order valence-corrected chi connectivity index (χ1v) is 15.2. The molecular formula is C30H60N2O5. The Morgan fingerprint density at radius 3 is 2.00 bits per heavy atom. The van der Waals surface area contributed by atoms with Gasteiger partial charge in [0.2, 0.25) is 0 Å². The van der Waals surface area contributed by atoms with Gasteiger partial charge in [0.1, 0.15) is 5.60 Å². The molecule has 0 bridgehead atoms. The third-order valence-corrected chi connectivity index (χ3v) is 6.52. The molecule has 1 atom stereocenters. The van der Waals surface area contributed by atoms with Crippen molar-refractivity contribution in [3.05, 3.63) is 0 Å². The predicted molar refractivity (Wildman–Crippen MR) is 153 cm³/mol. The van der Waals surface area contributed by atoms with Crippen LogP contribution in [0.1, 0.15) is 131 Å². The Morgan fingerprint density at radius 1 is 0.784 bits per heavy atom. The minimum absolute atomic E-state index is 0.0266. The van der Waals surface area contributed by atoms with Crippen molar-refractivity contribution in [2.75, 3.05) is 39.4 Å². The second-order valence-corrected chi connectivity index (χ2v) is 11.3. The molecule has 1 unspecified atom stereocenters. The van der Waals surface area contributed by atoms with Crippen LogP contribution in [0.4, 0.5) is 4.79 Å². The summed E-state index contributed by atoms with van der Waals surface area (Å²) < 4.78 is 10.9. The van der Waals surface area contributed by atoms with Crippen LogP contribution in [0.15, 0.2) is 0 Å². The van der Waals surface area contributed by atoms with Gasteiger partial charge in [0.15, 0.2) is 0 Å². The second kappa shape index (κ2) is 23.8. The molecule has 0 aromatic carbocycles. The van der Waals surface area contributed by atoms with Crippen LogP contribution in [-0.2, 0) is 14.3 Å². The third-order valence-electron chi connectivity index (χ3n) is 6.52. The van der Waals surface area contributed by atoms with E-state index in [0.29, 0.717) is 26.2 Å². The number of esters is 1. The standard InChI is InChI=1S/C30H60N2O5/c1-6-8-10-16-20-27(19-9-7-2)28(34)36-26-18-15-13-11-12-14-17-22-32(24-25-33)23-21-31-29(35)37-30(3,4)5/h27,33H,6-26H2,1-5H3,(H,31,35). The summed E-state index contributed by atoms with van der Waals surface area (Å²) in [6, 6.07) is 0. The molecule has 7 nitrogen and oxygen atoms in total. The van der Waals surface area contributed by atoms with E-state index >= 15 is 0 Å². The predicted octanol–water partition coefficient (Wildman–Crippen LogP) is 6.86. The number of aliphatic hydroxyl groups is 1. The molecule has 0 rings (SSSR count). The van der Waals surface area contributed by atoms with Gasteiger partial charge < -0.3 is 19.9 Å². The molecule has 1 amide bonds. The van der Waals surface area contributed by atoms with Gasteiger partial charge in [-0.05, 0) is 53.0 Å². The number of nitrogens with zero attached hydrogens (tertiary/aromatic N) is 1. The van der Waals surface area contributed by atoms with Gasteiger partial charge in [0, 0.05) is 19.6 Å². The van der Waals surface area contributed by atoms with Gasteiger partial charge in [-0.3, -0.25) is 9.69 Å². The van der Waals surface area contributed by atoms with Crippen molar-refractivity contribution in [3.63, 3.8) is 0 Å². The highest BCUT2D eigenvalue weighted by atomic mass is 16.6. The Labute approximate surface area is 228 Å². The summed E-state index contributed by atoms with van der Waals surface area (Å²) in [4.78, 5) is 26.4. The van der Waals surface area contributed by atoms with Gasteiger partial charge in [-0.15, -0.1) is 0 Å². The van der Waals surface area contributed by atoms with Gasteiger partial charge in [0.25, 0.3) is 0 Å². The van der Waals surface area contributed by atoms with E-state index in [1.807, 2.05) is 20.8 Å². The van der Waals surface area contributed by atoms with Crippen LogP contribution >= 0.6 is 0 Å². The largest absolute Gasteiger partial charge is 0.465 e. The maximum atomic E-state index is 12.5. The van der Waals surface area contributed by atoms with Crippen molar-refractivity contribution in [1.82, 2.24) is 10.2 Å². The quantitative estimate of drug-likeness (QED) is 0.105. The molecule has 0 aromatic heterocycles. The zero-order valence-corrected chi connectivity index (χ0v) is 25.0. The van der Waals surface area contributed by atoms with E-state index < -0.39 is 11.7 Å². The van der Waals surface area contributed by atoms with Crippen molar-refractivity contribution < 1.29 is 24.2 Å². The molecule has 0 fully saturated rings. The summed E-state index contributed by atoms with van der Waals surface area (Å²) in [5, 5.41) is 12.1. The molecule has 220 valence electrons. The fourth-order valence-corrected chi connectivity index (χ4v) is 4.37. The number of carbonyl (C=O) groups excluding carboxylic acids is 2. The molecule has 0 aliphatic carbocycles. The Balaban J connectivity index is 3.85. The number of aliphatic hydroxyl groups excluding tert-OH is 1. The summed E-state index contributed by atoms with van der Waals surface area (Å²) in [6.45, 7) is 13.4. The van der Waals surface area contributed by atoms with E-state index in [4.69, 9.17) is 9.47 Å². The minimum atomic E-state index is -0.496. The van der Waals surface area contributed by atoms with Gasteiger partial charge in [-0.25, -0.2) is 4.79 Å². The smallest absolute Gasteiger partial charge is 0.407 e. The summed E-state index contributed by atoms with van der Waals surface area (Å²) in [5.74, 6) is 0.119. The van der Waals surface area contributed by atoms with Crippen molar-refractivity contribution in [3.8, 4) is 0 Å². The first kappa shape index (κ1) is 35.7. The Bertz CT molecular complexity index is 551. The highest BCUT2D eigenvalue weighted by Crippen LogP contribution is 2.19. The van der Waals surface area contributed by atoms with Crippen molar-refractivity contribution in [2.24, 2.45) is 5.92 Å². The average molecular weight is 529 g/mol. The van der Waals surface area contributed by atoms with E-state index in [2.05, 4.69) is 24.1 Å². The molecule has 0 aliphatic rings. The molecule has 0 radical (unpaired) electrons. The van der Waals surface area contributed by atoms with E-state index in [9.17, 15) is 14.7 Å². The maximum Gasteiger partial charge on any atom is 0.407 e. The lowest BCUT2D eigenvalue weighted by molar-refractivity contribution is -0.149. The number of rotatable bonds is 24. The van der Waals surface area contributed by atoms with Crippen LogP contribution < -0.4 is 5.32 Å². The average Bonchev–Trinajstić information content (AvgIpc) is 2.83. The molecule has 2 N–H and O–H groups in total. The number of nitrogens with one attached hydrogen (secondary N) is 1. The molecule has 0 saturated carbocycles. The normalized spacial score (nSPS) is 12.5. The molecule has 7 heteroatoms. The van der Waals surface area contributed by atoms with Crippen LogP contribution in [0.25, 0.3) is 0 Å². The number of hydrogen-bond donors (Lipinski definition) is 2. The van der Waals surface area contributed by atoms with Crippen LogP contribution in [0, 0.1) is 5.92 Å². The lowest BCUT2D eigenvalue weighted by Gasteiger charge is -2.23. The molecular weight excluding hydrogens is 468 g/mol. The summed E-state index contributed by atoms with van der Waals surface area (Å²) >= 11 is 0. The van der Waals surface area contributed by atoms with Crippen molar-refractivity contribution in [1.29, 1.82) is 0 Å². The van der Waals surface area contributed by atoms with E-state index in [0.717, 1.165) is 64.3 Å². The Morgan fingerprint density at radius 2 is 1.38 bits per heavy atom. The molecule has 0 heterocycles. The lowest BCUT2D eigenvalue weighted by atomic mass is 9.95. The molecule has 0 spiro atoms. The van der Waals surface area contributed by atoms with Crippen molar-refractivity contribution in [2.45, 2.75) is 137 Å². The van der Waals surface area contributed by atoms with E-state index in [-0.39, 0.29) is 18.5 Å². The second-order valence-electron chi connectivity index (χ2n) is 11.3. The van der Waals surface area contributed by atoms with Gasteiger partial charge in [-0.1, -0.05) is 84.5 Å². The summed E-state index contributed by atoms with van der Waals surface area (Å²) in [6.07, 6.45) is 16.5. The molecule has 0 aliphatic heterocycles. The van der Waals surface area contributed by atoms with Gasteiger partial charge >= 0.3 is 12.1 Å². The zero-order valence-electron chi connectivity index (χ0n) is 25.0. The Hall–Kier alpha value is -1.34. The highest BCUT2D eigenvalue weighted by molar-refractivity contribution is 5.72. The number of ether oxygens (including phenoxy) is 2. The number of carbonyl (C=O) groups is 2. The van der Waals surface area contributed by atoms with Crippen LogP contribution in [-0.4, -0.2) is 67.1 Å². The fourth-order valence-electron chi connectivity index (χ4n) is 4.37. The summed E-state index contributed by atoms with van der Waals surface area (Å²) in [7, 11) is 0. The molecule has 0 saturated heterocycles. The number of alkyl carbamates (subject to hydrolysis) is 1. The summed E-state index contributed by atoms with van der Waals surface area (Å²) in [5.41, 5.74) is -0.496. The fraction of sp³-hybridized carbons (Fsp3) is 0.933. The van der Waals surface area contributed by atoms with Crippen LogP contribution in [0.5, 0.6) is 0 Å². The number of amides is 1. The van der Waals surface area contributed by atoms with Crippen LogP contribution in [0.3, 0.4) is 0 Å². The van der Waals surface area contributed by atoms with Gasteiger partial charge in [0.05, 0.1) is 19.1 Å². The SMILES string of the molecule is CCCCCCC(CCCC)C(=O)OCCCCCCCCCN(CCO)CCNC(=O)OC(C)(C)C. The third kappa shape index (κ3) is 23.5. The number of unbranched alkanes of at least 4 members (excludes halogenated alkanes) is 10. The maximum absolute atomic E-state index is 12.5. The monoisotopic (exact) mass is 528 g/mol. The van der Waals surface area contributed by atoms with E-state index in [1.54, 1.807) is 0 Å². The topological polar surface area (TPSA) is 88.1 Å². The number of hydrogen-bond acceptors (Lipinski definition) is 6. The lowest BCUT2D eigenvalue weighted by Crippen LogP contribution is -2.39. The molecule has 0 aromatic rings. The first-order chi connectivity index (χ1) is 17.7. The Kier molecular flexibility index (Phi) is 22.9. The van der Waals surface area contributed by atoms with Crippen molar-refractivity contribution >= 4 is 12.1 Å².